The van der Waals surface area contributed by atoms with E-state index in [1.807, 2.05) is 25.1 Å². The molecule has 1 N–H and O–H groups in total. The summed E-state index contributed by atoms with van der Waals surface area (Å²) < 4.78 is 19.6. The Morgan fingerprint density at radius 1 is 1.29 bits per heavy atom. The molecule has 0 atom stereocenters. The van der Waals surface area contributed by atoms with Gasteiger partial charge in [0.15, 0.2) is 4.34 Å². The fraction of sp³-hybridized carbons (Fsp3) is 0.150. The summed E-state index contributed by atoms with van der Waals surface area (Å²) in [6.07, 6.45) is 3.11. The number of aryl methyl sites for hydroxylation is 1. The molecule has 0 unspecified atom stereocenters. The van der Waals surface area contributed by atoms with Crippen molar-refractivity contribution in [3.63, 3.8) is 0 Å². The van der Waals surface area contributed by atoms with Crippen molar-refractivity contribution in [1.29, 1.82) is 0 Å². The predicted molar refractivity (Wildman–Crippen MR) is 111 cm³/mol. The number of benzene rings is 2. The second kappa shape index (κ2) is 9.48. The maximum absolute atomic E-state index is 13.7. The van der Waals surface area contributed by atoms with Gasteiger partial charge in [0, 0.05) is 17.4 Å². The lowest BCUT2D eigenvalue weighted by atomic mass is 10.1. The number of hydrogen-bond donors (Lipinski definition) is 1. The number of nitrogens with one attached hydrogen (secondary N) is 1. The van der Waals surface area contributed by atoms with Crippen LogP contribution in [0, 0.1) is 12.7 Å². The minimum atomic E-state index is -0.314. The third-order valence-electron chi connectivity index (χ3n) is 3.75. The second-order valence-electron chi connectivity index (χ2n) is 5.82. The van der Waals surface area contributed by atoms with Crippen molar-refractivity contribution < 1.29 is 13.9 Å². The van der Waals surface area contributed by atoms with Crippen LogP contribution in [0.15, 0.2) is 52.9 Å². The van der Waals surface area contributed by atoms with Gasteiger partial charge in [0.25, 0.3) is 0 Å². The number of hydrogen-bond acceptors (Lipinski definition) is 6. The van der Waals surface area contributed by atoms with Crippen LogP contribution < -0.4 is 10.1 Å². The second-order valence-corrected chi connectivity index (χ2v) is 8.02. The summed E-state index contributed by atoms with van der Waals surface area (Å²) >= 11 is 2.62. The Bertz CT molecular complexity index is 1000. The van der Waals surface area contributed by atoms with Crippen LogP contribution in [-0.2, 0) is 10.5 Å². The summed E-state index contributed by atoms with van der Waals surface area (Å²) in [6, 6.07) is 12.3. The quantitative estimate of drug-likeness (QED) is 0.336. The van der Waals surface area contributed by atoms with E-state index in [4.69, 9.17) is 4.74 Å². The van der Waals surface area contributed by atoms with Crippen LogP contribution in [0.1, 0.15) is 16.7 Å². The Hall–Kier alpha value is -2.71. The van der Waals surface area contributed by atoms with Gasteiger partial charge in [-0.2, -0.15) is 0 Å². The molecule has 0 spiro atoms. The van der Waals surface area contributed by atoms with E-state index in [1.54, 1.807) is 31.4 Å². The van der Waals surface area contributed by atoms with Crippen molar-refractivity contribution in [3.8, 4) is 5.75 Å². The van der Waals surface area contributed by atoms with Crippen LogP contribution in [0.25, 0.3) is 6.08 Å². The molecule has 0 aliphatic carbocycles. The van der Waals surface area contributed by atoms with E-state index in [0.29, 0.717) is 26.5 Å². The molecule has 28 heavy (non-hydrogen) atoms. The topological polar surface area (TPSA) is 64.1 Å². The SMILES string of the molecule is COc1ccc(C)cc1/C=C/C(=O)Nc1nnc(SCc2ccccc2F)s1. The van der Waals surface area contributed by atoms with Crippen molar-refractivity contribution in [2.75, 3.05) is 12.4 Å². The van der Waals surface area contributed by atoms with E-state index in [9.17, 15) is 9.18 Å². The fourth-order valence-corrected chi connectivity index (χ4v) is 4.11. The van der Waals surface area contributed by atoms with Crippen LogP contribution in [0.2, 0.25) is 0 Å². The molecule has 1 heterocycles. The van der Waals surface area contributed by atoms with Crippen LogP contribution in [0.5, 0.6) is 5.75 Å². The van der Waals surface area contributed by atoms with Gasteiger partial charge in [-0.15, -0.1) is 10.2 Å². The number of thioether (sulfide) groups is 1. The van der Waals surface area contributed by atoms with Gasteiger partial charge in [-0.1, -0.05) is 52.9 Å². The number of aromatic nitrogens is 2. The molecule has 144 valence electrons. The Balaban J connectivity index is 1.58. The zero-order valence-corrected chi connectivity index (χ0v) is 16.9. The van der Waals surface area contributed by atoms with E-state index in [1.165, 1.54) is 35.2 Å². The molecular formula is C20H18FN3O2S2. The van der Waals surface area contributed by atoms with Gasteiger partial charge < -0.3 is 4.74 Å². The first-order valence-electron chi connectivity index (χ1n) is 8.38. The number of methoxy groups -OCH3 is 1. The van der Waals surface area contributed by atoms with Gasteiger partial charge in [-0.3, -0.25) is 10.1 Å². The van der Waals surface area contributed by atoms with Gasteiger partial charge in [-0.05, 0) is 36.8 Å². The molecule has 2 aromatic carbocycles. The molecule has 8 heteroatoms. The van der Waals surface area contributed by atoms with E-state index >= 15 is 0 Å². The average Bonchev–Trinajstić information content (AvgIpc) is 3.13. The Kier molecular flexibility index (Phi) is 6.78. The number of anilines is 1. The van der Waals surface area contributed by atoms with Gasteiger partial charge >= 0.3 is 0 Å². The van der Waals surface area contributed by atoms with Gasteiger partial charge in [0.05, 0.1) is 7.11 Å². The Labute approximate surface area is 170 Å². The minimum absolute atomic E-state index is 0.246. The van der Waals surface area contributed by atoms with E-state index in [0.717, 1.165) is 11.1 Å². The van der Waals surface area contributed by atoms with Crippen LogP contribution in [0.3, 0.4) is 0 Å². The standard InChI is InChI=1S/C20H18FN3O2S2/c1-13-7-9-17(26-2)14(11-13)8-10-18(25)22-19-23-24-20(28-19)27-12-15-5-3-4-6-16(15)21/h3-11H,12H2,1-2H3,(H,22,23,25)/b10-8+. The number of carbonyl (C=O) groups excluding carboxylic acids is 1. The summed E-state index contributed by atoms with van der Waals surface area (Å²) in [7, 11) is 1.59. The molecule has 5 nitrogen and oxygen atoms in total. The summed E-state index contributed by atoms with van der Waals surface area (Å²) in [6.45, 7) is 1.97. The zero-order valence-electron chi connectivity index (χ0n) is 15.3. The van der Waals surface area contributed by atoms with E-state index < -0.39 is 0 Å². The molecule has 3 rings (SSSR count). The summed E-state index contributed by atoms with van der Waals surface area (Å²) in [5, 5.41) is 11.1. The summed E-state index contributed by atoms with van der Waals surface area (Å²) in [5.41, 5.74) is 2.49. The maximum Gasteiger partial charge on any atom is 0.250 e. The third kappa shape index (κ3) is 5.40. The molecular weight excluding hydrogens is 397 g/mol. The van der Waals surface area contributed by atoms with Gasteiger partial charge in [0.1, 0.15) is 11.6 Å². The summed E-state index contributed by atoms with van der Waals surface area (Å²) in [4.78, 5) is 12.1. The highest BCUT2D eigenvalue weighted by Crippen LogP contribution is 2.29. The van der Waals surface area contributed by atoms with Gasteiger partial charge in [-0.25, -0.2) is 4.39 Å². The molecule has 0 fully saturated rings. The van der Waals surface area contributed by atoms with Crippen LogP contribution >= 0.6 is 23.1 Å². The number of ether oxygens (including phenoxy) is 1. The largest absolute Gasteiger partial charge is 0.496 e. The fourth-order valence-electron chi connectivity index (χ4n) is 2.37. The van der Waals surface area contributed by atoms with Crippen LogP contribution in [0.4, 0.5) is 9.52 Å². The third-order valence-corrected chi connectivity index (χ3v) is 5.77. The van der Waals surface area contributed by atoms with Crippen molar-refractivity contribution in [1.82, 2.24) is 10.2 Å². The summed E-state index contributed by atoms with van der Waals surface area (Å²) in [5.74, 6) is 0.579. The Morgan fingerprint density at radius 2 is 2.11 bits per heavy atom. The molecule has 0 radical (unpaired) electrons. The molecule has 3 aromatic rings. The molecule has 1 amide bonds. The lowest BCUT2D eigenvalue weighted by molar-refractivity contribution is -0.111. The smallest absolute Gasteiger partial charge is 0.250 e. The molecule has 0 bridgehead atoms. The molecule has 1 aromatic heterocycles. The monoisotopic (exact) mass is 415 g/mol. The van der Waals surface area contributed by atoms with Crippen molar-refractivity contribution in [2.45, 2.75) is 17.0 Å². The first-order valence-corrected chi connectivity index (χ1v) is 10.2. The highest BCUT2D eigenvalue weighted by atomic mass is 32.2. The van der Waals surface area contributed by atoms with Crippen molar-refractivity contribution in [2.24, 2.45) is 0 Å². The molecule has 0 saturated carbocycles. The number of amides is 1. The normalized spacial score (nSPS) is 11.0. The van der Waals surface area contributed by atoms with Gasteiger partial charge in [0.2, 0.25) is 11.0 Å². The maximum atomic E-state index is 13.7. The molecule has 0 aliphatic heterocycles. The highest BCUT2D eigenvalue weighted by Gasteiger charge is 2.09. The number of carbonyl (C=O) groups is 1. The van der Waals surface area contributed by atoms with Crippen molar-refractivity contribution >= 4 is 40.2 Å². The first kappa shape index (κ1) is 20.0. The van der Waals surface area contributed by atoms with Crippen molar-refractivity contribution in [3.05, 3.63) is 71.0 Å². The van der Waals surface area contributed by atoms with E-state index in [2.05, 4.69) is 15.5 Å². The lowest BCUT2D eigenvalue weighted by Crippen LogP contribution is -2.07. The number of rotatable bonds is 7. The average molecular weight is 416 g/mol. The number of halogens is 1. The van der Waals surface area contributed by atoms with E-state index in [-0.39, 0.29) is 11.7 Å². The zero-order chi connectivity index (χ0) is 19.9. The molecule has 0 aliphatic rings. The highest BCUT2D eigenvalue weighted by molar-refractivity contribution is 8.00. The number of nitrogens with zero attached hydrogens (tertiary/aromatic N) is 2. The first-order chi connectivity index (χ1) is 13.5. The lowest BCUT2D eigenvalue weighted by Gasteiger charge is -2.05. The minimum Gasteiger partial charge on any atom is -0.496 e. The Morgan fingerprint density at radius 3 is 2.89 bits per heavy atom. The van der Waals surface area contributed by atoms with Crippen LogP contribution in [-0.4, -0.2) is 23.2 Å². The predicted octanol–water partition coefficient (Wildman–Crippen LogP) is 4.94. The molecule has 0 saturated heterocycles.